The normalized spacial score (nSPS) is 13.3. The fourth-order valence-electron chi connectivity index (χ4n) is 2.68. The summed E-state index contributed by atoms with van der Waals surface area (Å²) in [6.45, 7) is 1.54. The van der Waals surface area contributed by atoms with E-state index in [0.29, 0.717) is 39.1 Å². The lowest BCUT2D eigenvalue weighted by Crippen LogP contribution is -2.31. The predicted octanol–water partition coefficient (Wildman–Crippen LogP) is 3.70. The monoisotopic (exact) mass is 417 g/mol. The van der Waals surface area contributed by atoms with Gasteiger partial charge < -0.3 is 24.3 Å². The molecule has 0 aromatic heterocycles. The van der Waals surface area contributed by atoms with Gasteiger partial charge in [0.05, 0.1) is 19.8 Å². The van der Waals surface area contributed by atoms with Crippen molar-refractivity contribution in [1.29, 1.82) is 0 Å². The average molecular weight is 418 g/mol. The summed E-state index contributed by atoms with van der Waals surface area (Å²) in [4.78, 5) is 24.9. The Morgan fingerprint density at radius 1 is 1.10 bits per heavy atom. The summed E-state index contributed by atoms with van der Waals surface area (Å²) in [5.41, 5.74) is 1.43. The minimum atomic E-state index is -1.03. The van der Waals surface area contributed by atoms with Gasteiger partial charge in [0.2, 0.25) is 0 Å². The first-order chi connectivity index (χ1) is 13.9. The van der Waals surface area contributed by atoms with Crippen LogP contribution in [0.3, 0.4) is 0 Å². The minimum absolute atomic E-state index is 0.0505. The van der Waals surface area contributed by atoms with Crippen LogP contribution < -0.4 is 19.5 Å². The fraction of sp³-hybridized carbons (Fsp3) is 0.238. The maximum atomic E-state index is 12.4. The number of hydrogen-bond acceptors (Lipinski definition) is 6. The summed E-state index contributed by atoms with van der Waals surface area (Å²) >= 11 is 5.98. The Hall–Kier alpha value is -3.19. The van der Waals surface area contributed by atoms with Crippen molar-refractivity contribution in [3.8, 4) is 17.2 Å². The first kappa shape index (κ1) is 20.5. The lowest BCUT2D eigenvalue weighted by Gasteiger charge is -2.19. The van der Waals surface area contributed by atoms with E-state index in [2.05, 4.69) is 5.32 Å². The molecule has 1 atom stereocenters. The van der Waals surface area contributed by atoms with E-state index in [1.807, 2.05) is 0 Å². The molecular formula is C21H20ClNO6. The number of ether oxygens (including phenoxy) is 4. The second kappa shape index (κ2) is 8.87. The molecule has 0 spiro atoms. The van der Waals surface area contributed by atoms with Crippen LogP contribution in [-0.2, 0) is 14.3 Å². The second-order valence-electron chi connectivity index (χ2n) is 6.28. The van der Waals surface area contributed by atoms with Gasteiger partial charge in [0.1, 0.15) is 23.9 Å². The Labute approximate surface area is 173 Å². The highest BCUT2D eigenvalue weighted by molar-refractivity contribution is 6.30. The lowest BCUT2D eigenvalue weighted by atomic mass is 10.1. The zero-order chi connectivity index (χ0) is 21.0. The number of methoxy groups -OCH3 is 2. The standard InChI is InChI=1S/C21H20ClNO6/c1-12(20(24)23-16-8-17(26-2)10-18(9-16)27-3)29-21(25)14-6-13-7-15(22)4-5-19(13)28-11-14/h4-10,12H,11H2,1-3H3,(H,23,24). The Morgan fingerprint density at radius 2 is 1.79 bits per heavy atom. The molecule has 152 valence electrons. The Morgan fingerprint density at radius 3 is 2.45 bits per heavy atom. The second-order valence-corrected chi connectivity index (χ2v) is 6.71. The number of carbonyl (C=O) groups is 2. The van der Waals surface area contributed by atoms with Gasteiger partial charge in [-0.05, 0) is 31.2 Å². The topological polar surface area (TPSA) is 83.1 Å². The third-order valence-electron chi connectivity index (χ3n) is 4.22. The van der Waals surface area contributed by atoms with Crippen LogP contribution >= 0.6 is 11.6 Å². The molecule has 0 bridgehead atoms. The number of hydrogen-bond donors (Lipinski definition) is 1. The number of anilines is 1. The summed E-state index contributed by atoms with van der Waals surface area (Å²) in [5.74, 6) is 0.539. The predicted molar refractivity (Wildman–Crippen MR) is 109 cm³/mol. The van der Waals surface area contributed by atoms with E-state index < -0.39 is 18.0 Å². The van der Waals surface area contributed by atoms with Crippen molar-refractivity contribution < 1.29 is 28.5 Å². The van der Waals surface area contributed by atoms with Gasteiger partial charge in [-0.15, -0.1) is 0 Å². The number of halogens is 1. The number of carbonyl (C=O) groups excluding carboxylic acids is 2. The van der Waals surface area contributed by atoms with Gasteiger partial charge in [-0.3, -0.25) is 4.79 Å². The molecule has 1 heterocycles. The van der Waals surface area contributed by atoms with E-state index in [-0.39, 0.29) is 6.61 Å². The molecule has 2 aromatic rings. The van der Waals surface area contributed by atoms with Crippen LogP contribution in [0.2, 0.25) is 5.02 Å². The molecule has 1 aliphatic heterocycles. The third-order valence-corrected chi connectivity index (χ3v) is 4.45. The number of fused-ring (bicyclic) bond motifs is 1. The number of rotatable bonds is 6. The van der Waals surface area contributed by atoms with Gasteiger partial charge in [-0.1, -0.05) is 11.6 Å². The molecule has 1 aliphatic rings. The van der Waals surface area contributed by atoms with E-state index in [1.54, 1.807) is 42.5 Å². The first-order valence-corrected chi connectivity index (χ1v) is 9.15. The molecule has 1 amide bonds. The molecule has 8 heteroatoms. The van der Waals surface area contributed by atoms with Gasteiger partial charge in [-0.25, -0.2) is 4.79 Å². The van der Waals surface area contributed by atoms with E-state index in [1.165, 1.54) is 21.1 Å². The quantitative estimate of drug-likeness (QED) is 0.721. The highest BCUT2D eigenvalue weighted by Gasteiger charge is 2.24. The van der Waals surface area contributed by atoms with Crippen molar-refractivity contribution in [1.82, 2.24) is 0 Å². The van der Waals surface area contributed by atoms with Crippen LogP contribution in [0.25, 0.3) is 6.08 Å². The molecule has 7 nitrogen and oxygen atoms in total. The van der Waals surface area contributed by atoms with Gasteiger partial charge in [0.25, 0.3) is 5.91 Å². The van der Waals surface area contributed by atoms with Crippen molar-refractivity contribution in [3.05, 3.63) is 52.6 Å². The third kappa shape index (κ3) is 5.00. The molecular weight excluding hydrogens is 398 g/mol. The summed E-state index contributed by atoms with van der Waals surface area (Å²) in [7, 11) is 3.02. The van der Waals surface area contributed by atoms with Crippen LogP contribution in [0, 0.1) is 0 Å². The van der Waals surface area contributed by atoms with Gasteiger partial charge >= 0.3 is 5.97 Å². The summed E-state index contributed by atoms with van der Waals surface area (Å²) < 4.78 is 21.2. The van der Waals surface area contributed by atoms with Crippen LogP contribution in [0.5, 0.6) is 17.2 Å². The molecule has 0 aliphatic carbocycles. The van der Waals surface area contributed by atoms with Crippen LogP contribution in [-0.4, -0.2) is 38.8 Å². The smallest absolute Gasteiger partial charge is 0.338 e. The summed E-state index contributed by atoms with van der Waals surface area (Å²) in [6.07, 6.45) is 0.617. The molecule has 0 radical (unpaired) electrons. The van der Waals surface area contributed by atoms with E-state index in [4.69, 9.17) is 30.5 Å². The zero-order valence-corrected chi connectivity index (χ0v) is 16.9. The number of amides is 1. The van der Waals surface area contributed by atoms with Crippen molar-refractivity contribution >= 4 is 35.2 Å². The molecule has 2 aromatic carbocycles. The van der Waals surface area contributed by atoms with E-state index in [9.17, 15) is 9.59 Å². The molecule has 1 unspecified atom stereocenters. The van der Waals surface area contributed by atoms with Crippen LogP contribution in [0.1, 0.15) is 12.5 Å². The maximum Gasteiger partial charge on any atom is 0.338 e. The minimum Gasteiger partial charge on any atom is -0.497 e. The molecule has 0 saturated carbocycles. The highest BCUT2D eigenvalue weighted by atomic mass is 35.5. The van der Waals surface area contributed by atoms with Crippen LogP contribution in [0.15, 0.2) is 42.0 Å². The Balaban J connectivity index is 1.66. The van der Waals surface area contributed by atoms with Gasteiger partial charge in [-0.2, -0.15) is 0 Å². The summed E-state index contributed by atoms with van der Waals surface area (Å²) in [5, 5.41) is 3.21. The fourth-order valence-corrected chi connectivity index (χ4v) is 2.86. The number of nitrogens with one attached hydrogen (secondary N) is 1. The molecule has 1 N–H and O–H groups in total. The number of esters is 1. The molecule has 29 heavy (non-hydrogen) atoms. The number of benzene rings is 2. The summed E-state index contributed by atoms with van der Waals surface area (Å²) in [6, 6.07) is 10.1. The highest BCUT2D eigenvalue weighted by Crippen LogP contribution is 2.29. The molecule has 3 rings (SSSR count). The van der Waals surface area contributed by atoms with Crippen LogP contribution in [0.4, 0.5) is 5.69 Å². The van der Waals surface area contributed by atoms with Gasteiger partial charge in [0.15, 0.2) is 6.10 Å². The zero-order valence-electron chi connectivity index (χ0n) is 16.2. The van der Waals surface area contributed by atoms with Crippen molar-refractivity contribution in [3.63, 3.8) is 0 Å². The van der Waals surface area contributed by atoms with E-state index in [0.717, 1.165) is 0 Å². The first-order valence-electron chi connectivity index (χ1n) is 8.77. The van der Waals surface area contributed by atoms with Crippen molar-refractivity contribution in [2.45, 2.75) is 13.0 Å². The molecule has 0 fully saturated rings. The van der Waals surface area contributed by atoms with Crippen molar-refractivity contribution in [2.24, 2.45) is 0 Å². The Kier molecular flexibility index (Phi) is 6.29. The molecule has 0 saturated heterocycles. The van der Waals surface area contributed by atoms with Gasteiger partial charge in [0, 0.05) is 34.5 Å². The lowest BCUT2D eigenvalue weighted by molar-refractivity contribution is -0.149. The van der Waals surface area contributed by atoms with E-state index >= 15 is 0 Å². The SMILES string of the molecule is COc1cc(NC(=O)C(C)OC(=O)C2=Cc3cc(Cl)ccc3OC2)cc(OC)c1. The maximum absolute atomic E-state index is 12.4. The average Bonchev–Trinajstić information content (AvgIpc) is 2.72. The Bertz CT molecular complexity index is 949. The van der Waals surface area contributed by atoms with Crippen molar-refractivity contribution in [2.75, 3.05) is 26.1 Å². The largest absolute Gasteiger partial charge is 0.497 e.